The lowest BCUT2D eigenvalue weighted by atomic mass is 9.55. The van der Waals surface area contributed by atoms with Crippen molar-refractivity contribution >= 4 is 0 Å². The molecule has 1 aromatic carbocycles. The summed E-state index contributed by atoms with van der Waals surface area (Å²) in [6.07, 6.45) is 7.98. The van der Waals surface area contributed by atoms with Gasteiger partial charge in [-0.25, -0.2) is 0 Å². The Kier molecular flexibility index (Phi) is 5.39. The number of fused-ring (bicyclic) bond motifs is 5. The molecule has 0 radical (unpaired) electrons. The van der Waals surface area contributed by atoms with Crippen LogP contribution in [0, 0.1) is 23.2 Å². The minimum absolute atomic E-state index is 0. The number of aliphatic hydroxyl groups excluding tert-OH is 1. The molecule has 4 rings (SSSR count). The molecule has 0 aliphatic heterocycles. The van der Waals surface area contributed by atoms with Crippen molar-refractivity contribution in [2.75, 3.05) is 6.54 Å². The highest BCUT2D eigenvalue weighted by molar-refractivity contribution is 5.40. The summed E-state index contributed by atoms with van der Waals surface area (Å²) in [6, 6.07) is 5.99. The van der Waals surface area contributed by atoms with Crippen LogP contribution in [-0.2, 0) is 6.42 Å². The molecule has 3 nitrogen and oxygen atoms in total. The fraction of sp³-hybridized carbons (Fsp3) is 0.714. The summed E-state index contributed by atoms with van der Waals surface area (Å²) < 4.78 is 0. The lowest BCUT2D eigenvalue weighted by Crippen LogP contribution is -3.00. The van der Waals surface area contributed by atoms with Crippen LogP contribution in [0.4, 0.5) is 0 Å². The van der Waals surface area contributed by atoms with Crippen LogP contribution in [0.3, 0.4) is 0 Å². The van der Waals surface area contributed by atoms with Crippen LogP contribution in [0.1, 0.15) is 62.5 Å². The topological polar surface area (TPSA) is 68.1 Å². The SMILES string of the molecule is C[C@]12CC[C@@H]3c4ccc(O)cc4CC[C@H]3[C@@H]1C[C@H](CCC[NH3+])[C@@H]2O.[Cl-]. The maximum atomic E-state index is 11.0. The van der Waals surface area contributed by atoms with Crippen molar-refractivity contribution in [3.63, 3.8) is 0 Å². The molecule has 0 unspecified atom stereocenters. The highest BCUT2D eigenvalue weighted by atomic mass is 35.5. The first kappa shape index (κ1) is 19.0. The number of quaternary nitrogens is 1. The third kappa shape index (κ3) is 2.98. The Hall–Kier alpha value is -0.770. The van der Waals surface area contributed by atoms with Crippen molar-refractivity contribution < 1.29 is 28.4 Å². The number of aromatic hydroxyl groups is 1. The van der Waals surface area contributed by atoms with E-state index < -0.39 is 0 Å². The summed E-state index contributed by atoms with van der Waals surface area (Å²) in [5, 5.41) is 20.8. The lowest BCUT2D eigenvalue weighted by Gasteiger charge is -2.50. The predicted octanol–water partition coefficient (Wildman–Crippen LogP) is -0.139. The van der Waals surface area contributed by atoms with Crippen molar-refractivity contribution in [1.29, 1.82) is 0 Å². The maximum Gasteiger partial charge on any atom is 0.115 e. The molecule has 4 heteroatoms. The van der Waals surface area contributed by atoms with Gasteiger partial charge in [-0.05, 0) is 97.3 Å². The molecular weight excluding hydrogens is 334 g/mol. The summed E-state index contributed by atoms with van der Waals surface area (Å²) in [5.74, 6) is 2.87. The van der Waals surface area contributed by atoms with Gasteiger partial charge in [0.2, 0.25) is 0 Å². The second-order valence-corrected chi connectivity index (χ2v) is 8.78. The van der Waals surface area contributed by atoms with E-state index in [1.165, 1.54) is 30.4 Å². The molecule has 2 fully saturated rings. The molecule has 140 valence electrons. The van der Waals surface area contributed by atoms with E-state index in [4.69, 9.17) is 0 Å². The third-order valence-electron chi connectivity index (χ3n) is 7.65. The molecule has 2 saturated carbocycles. The Morgan fingerprint density at radius 2 is 2.08 bits per heavy atom. The number of rotatable bonds is 3. The van der Waals surface area contributed by atoms with E-state index in [2.05, 4.69) is 18.7 Å². The standard InChI is InChI=1S/C21H31NO2.ClH/c1-21-9-8-17-16-7-5-15(23)11-13(16)4-6-18(17)19(21)12-14(20(21)24)3-2-10-22;/h5,7,11,14,17-20,23-24H,2-4,6,8-10,12,22H2,1H3;1H/t14-,17+,18+,19-,20-,21-;/m0./s1. The first-order chi connectivity index (χ1) is 11.5. The maximum absolute atomic E-state index is 11.0. The van der Waals surface area contributed by atoms with Crippen molar-refractivity contribution in [1.82, 2.24) is 0 Å². The highest BCUT2D eigenvalue weighted by Crippen LogP contribution is 2.62. The summed E-state index contributed by atoms with van der Waals surface area (Å²) in [6.45, 7) is 3.34. The van der Waals surface area contributed by atoms with Gasteiger partial charge in [-0.2, -0.15) is 0 Å². The lowest BCUT2D eigenvalue weighted by molar-refractivity contribution is -0.368. The Labute approximate surface area is 157 Å². The molecule has 0 aromatic heterocycles. The Morgan fingerprint density at radius 1 is 1.28 bits per heavy atom. The molecule has 25 heavy (non-hydrogen) atoms. The molecule has 6 atom stereocenters. The monoisotopic (exact) mass is 365 g/mol. The van der Waals surface area contributed by atoms with E-state index in [1.54, 1.807) is 0 Å². The molecule has 0 spiro atoms. The van der Waals surface area contributed by atoms with Gasteiger partial charge in [0.1, 0.15) is 5.75 Å². The van der Waals surface area contributed by atoms with Crippen LogP contribution in [0.2, 0.25) is 0 Å². The fourth-order valence-electron chi connectivity index (χ4n) is 6.40. The Bertz CT molecular complexity index is 622. The van der Waals surface area contributed by atoms with Gasteiger partial charge in [-0.15, -0.1) is 0 Å². The van der Waals surface area contributed by atoms with Gasteiger partial charge < -0.3 is 28.4 Å². The number of phenolic OH excluding ortho intramolecular Hbond substituents is 1. The molecule has 0 saturated heterocycles. The van der Waals surface area contributed by atoms with Gasteiger partial charge in [0.15, 0.2) is 0 Å². The number of benzene rings is 1. The summed E-state index contributed by atoms with van der Waals surface area (Å²) in [7, 11) is 0. The van der Waals surface area contributed by atoms with Crippen LogP contribution < -0.4 is 18.1 Å². The van der Waals surface area contributed by atoms with Gasteiger partial charge in [0.25, 0.3) is 0 Å². The van der Waals surface area contributed by atoms with Crippen LogP contribution >= 0.6 is 0 Å². The zero-order chi connectivity index (χ0) is 16.9. The minimum Gasteiger partial charge on any atom is -1.00 e. The van der Waals surface area contributed by atoms with Gasteiger partial charge in [-0.1, -0.05) is 13.0 Å². The summed E-state index contributed by atoms with van der Waals surface area (Å²) >= 11 is 0. The Balaban J connectivity index is 0.00000182. The van der Waals surface area contributed by atoms with Crippen molar-refractivity contribution in [3.05, 3.63) is 29.3 Å². The van der Waals surface area contributed by atoms with Gasteiger partial charge in [0.05, 0.1) is 12.6 Å². The number of hydrogen-bond donors (Lipinski definition) is 3. The normalized spacial score (nSPS) is 39.1. The van der Waals surface area contributed by atoms with E-state index >= 15 is 0 Å². The first-order valence-corrected chi connectivity index (χ1v) is 9.83. The number of aliphatic hydroxyl groups is 1. The van der Waals surface area contributed by atoms with E-state index in [9.17, 15) is 10.2 Å². The number of hydrogen-bond acceptors (Lipinski definition) is 2. The number of halogens is 1. The minimum atomic E-state index is -0.129. The second-order valence-electron chi connectivity index (χ2n) is 8.78. The van der Waals surface area contributed by atoms with E-state index in [0.29, 0.717) is 29.4 Å². The predicted molar refractivity (Wildman–Crippen MR) is 94.6 cm³/mol. The second kappa shape index (κ2) is 7.09. The van der Waals surface area contributed by atoms with E-state index in [-0.39, 0.29) is 23.9 Å². The zero-order valence-corrected chi connectivity index (χ0v) is 16.0. The molecule has 5 N–H and O–H groups in total. The molecule has 0 heterocycles. The average molecular weight is 366 g/mol. The molecular formula is C21H32ClNO2. The number of phenols is 1. The van der Waals surface area contributed by atoms with Crippen LogP contribution in [0.15, 0.2) is 18.2 Å². The van der Waals surface area contributed by atoms with Crippen LogP contribution in [0.5, 0.6) is 5.75 Å². The van der Waals surface area contributed by atoms with Gasteiger partial charge >= 0.3 is 0 Å². The quantitative estimate of drug-likeness (QED) is 0.698. The van der Waals surface area contributed by atoms with Crippen LogP contribution in [-0.4, -0.2) is 22.9 Å². The Morgan fingerprint density at radius 3 is 2.84 bits per heavy atom. The molecule has 3 aliphatic carbocycles. The van der Waals surface area contributed by atoms with Crippen LogP contribution in [0.25, 0.3) is 0 Å². The van der Waals surface area contributed by atoms with E-state index in [1.807, 2.05) is 12.1 Å². The van der Waals surface area contributed by atoms with Gasteiger partial charge in [-0.3, -0.25) is 0 Å². The first-order valence-electron chi connectivity index (χ1n) is 9.83. The fourth-order valence-corrected chi connectivity index (χ4v) is 6.40. The largest absolute Gasteiger partial charge is 1.00 e. The van der Waals surface area contributed by atoms with E-state index in [0.717, 1.165) is 32.2 Å². The zero-order valence-electron chi connectivity index (χ0n) is 15.3. The van der Waals surface area contributed by atoms with Crippen molar-refractivity contribution in [3.8, 4) is 5.75 Å². The molecule has 0 amide bonds. The van der Waals surface area contributed by atoms with Crippen molar-refractivity contribution in [2.45, 2.75) is 63.9 Å². The molecule has 3 aliphatic rings. The highest BCUT2D eigenvalue weighted by Gasteiger charge is 2.57. The van der Waals surface area contributed by atoms with Gasteiger partial charge in [0, 0.05) is 0 Å². The smallest absolute Gasteiger partial charge is 0.115 e. The third-order valence-corrected chi connectivity index (χ3v) is 7.65. The average Bonchev–Trinajstić information content (AvgIpc) is 2.84. The molecule has 1 aromatic rings. The summed E-state index contributed by atoms with van der Waals surface area (Å²) in [5.41, 5.74) is 6.92. The number of aryl methyl sites for hydroxylation is 1. The van der Waals surface area contributed by atoms with Crippen molar-refractivity contribution in [2.24, 2.45) is 23.2 Å². The summed E-state index contributed by atoms with van der Waals surface area (Å²) in [4.78, 5) is 0. The molecule has 0 bridgehead atoms.